The summed E-state index contributed by atoms with van der Waals surface area (Å²) in [5, 5.41) is 1.29. The molecule has 0 spiro atoms. The standard InChI is InChI=1S/C19H23Cl2NO/c1-4-22(5-2)8-9-23-17-11-14(3)10-15(12-17)18-7-6-16(20)13-19(18)21/h6-7,10-13H,4-5,8-9H2,1-3H3. The zero-order valence-corrected chi connectivity index (χ0v) is 15.4. The minimum absolute atomic E-state index is 0.641. The highest BCUT2D eigenvalue weighted by Crippen LogP contribution is 2.33. The Hall–Kier alpha value is -1.22. The van der Waals surface area contributed by atoms with Crippen LogP contribution in [0.2, 0.25) is 10.0 Å². The number of rotatable bonds is 7. The fourth-order valence-corrected chi connectivity index (χ4v) is 3.06. The third-order valence-electron chi connectivity index (χ3n) is 3.86. The first kappa shape index (κ1) is 18.1. The second-order valence-corrected chi connectivity index (χ2v) is 6.38. The van der Waals surface area contributed by atoms with E-state index < -0.39 is 0 Å². The summed E-state index contributed by atoms with van der Waals surface area (Å²) in [4.78, 5) is 2.34. The lowest BCUT2D eigenvalue weighted by atomic mass is 10.0. The molecule has 0 aliphatic rings. The molecule has 2 rings (SSSR count). The second kappa shape index (κ2) is 8.58. The molecule has 2 nitrogen and oxygen atoms in total. The van der Waals surface area contributed by atoms with Gasteiger partial charge in [0.15, 0.2) is 0 Å². The molecule has 0 atom stereocenters. The molecule has 0 N–H and O–H groups in total. The molecule has 0 bridgehead atoms. The number of ether oxygens (including phenoxy) is 1. The van der Waals surface area contributed by atoms with Gasteiger partial charge in [0.05, 0.1) is 0 Å². The van der Waals surface area contributed by atoms with Gasteiger partial charge in [-0.3, -0.25) is 0 Å². The summed E-state index contributed by atoms with van der Waals surface area (Å²) in [6.45, 7) is 10.1. The molecule has 0 saturated carbocycles. The van der Waals surface area contributed by atoms with Crippen LogP contribution < -0.4 is 4.74 Å². The first-order valence-electron chi connectivity index (χ1n) is 7.95. The Morgan fingerprint density at radius 2 is 1.74 bits per heavy atom. The van der Waals surface area contributed by atoms with Crippen LogP contribution in [0.1, 0.15) is 19.4 Å². The van der Waals surface area contributed by atoms with Crippen LogP contribution in [-0.4, -0.2) is 31.1 Å². The highest BCUT2D eigenvalue weighted by molar-refractivity contribution is 6.36. The van der Waals surface area contributed by atoms with Gasteiger partial charge in [0.2, 0.25) is 0 Å². The first-order chi connectivity index (χ1) is 11.0. The molecule has 4 heteroatoms. The molecule has 124 valence electrons. The molecule has 0 saturated heterocycles. The molecule has 0 aromatic heterocycles. The van der Waals surface area contributed by atoms with Crippen LogP contribution >= 0.6 is 23.2 Å². The number of nitrogens with zero attached hydrogens (tertiary/aromatic N) is 1. The van der Waals surface area contributed by atoms with Crippen LogP contribution in [0, 0.1) is 6.92 Å². The van der Waals surface area contributed by atoms with Crippen LogP contribution in [0.3, 0.4) is 0 Å². The topological polar surface area (TPSA) is 12.5 Å². The van der Waals surface area contributed by atoms with Crippen molar-refractivity contribution in [1.82, 2.24) is 4.90 Å². The molecular formula is C19H23Cl2NO. The fourth-order valence-electron chi connectivity index (χ4n) is 2.54. The third-order valence-corrected chi connectivity index (χ3v) is 4.41. The number of likely N-dealkylation sites (N-methyl/N-ethyl adjacent to an activating group) is 1. The van der Waals surface area contributed by atoms with Crippen LogP contribution in [0.4, 0.5) is 0 Å². The zero-order valence-electron chi connectivity index (χ0n) is 13.9. The van der Waals surface area contributed by atoms with E-state index in [2.05, 4.69) is 37.8 Å². The van der Waals surface area contributed by atoms with Crippen molar-refractivity contribution in [3.05, 3.63) is 52.0 Å². The van der Waals surface area contributed by atoms with E-state index in [1.807, 2.05) is 18.2 Å². The zero-order chi connectivity index (χ0) is 16.8. The van der Waals surface area contributed by atoms with E-state index in [1.165, 1.54) is 0 Å². The van der Waals surface area contributed by atoms with Gasteiger partial charge in [-0.1, -0.05) is 49.2 Å². The minimum Gasteiger partial charge on any atom is -0.492 e. The Morgan fingerprint density at radius 1 is 1.00 bits per heavy atom. The Bertz CT molecular complexity index is 654. The predicted octanol–water partition coefficient (Wildman–Crippen LogP) is 5.69. The molecule has 0 aliphatic carbocycles. The molecule has 0 unspecified atom stereocenters. The van der Waals surface area contributed by atoms with Gasteiger partial charge in [-0.2, -0.15) is 0 Å². The van der Waals surface area contributed by atoms with Crippen LogP contribution in [0.15, 0.2) is 36.4 Å². The maximum Gasteiger partial charge on any atom is 0.120 e. The van der Waals surface area contributed by atoms with Crippen LogP contribution in [-0.2, 0) is 0 Å². The lowest BCUT2D eigenvalue weighted by molar-refractivity contribution is 0.223. The van der Waals surface area contributed by atoms with Gasteiger partial charge in [0, 0.05) is 22.2 Å². The summed E-state index contributed by atoms with van der Waals surface area (Å²) >= 11 is 12.3. The van der Waals surface area contributed by atoms with E-state index in [0.29, 0.717) is 16.7 Å². The van der Waals surface area contributed by atoms with Crippen molar-refractivity contribution in [2.45, 2.75) is 20.8 Å². The third kappa shape index (κ3) is 5.13. The molecule has 2 aromatic carbocycles. The average molecular weight is 352 g/mol. The molecule has 0 amide bonds. The van der Waals surface area contributed by atoms with Gasteiger partial charge in [-0.15, -0.1) is 0 Å². The molecule has 0 radical (unpaired) electrons. The van der Waals surface area contributed by atoms with Crippen molar-refractivity contribution in [2.24, 2.45) is 0 Å². The van der Waals surface area contributed by atoms with Gasteiger partial charge >= 0.3 is 0 Å². The molecule has 0 heterocycles. The average Bonchev–Trinajstić information content (AvgIpc) is 2.51. The van der Waals surface area contributed by atoms with Gasteiger partial charge in [-0.25, -0.2) is 0 Å². The highest BCUT2D eigenvalue weighted by atomic mass is 35.5. The smallest absolute Gasteiger partial charge is 0.120 e. The quantitative estimate of drug-likeness (QED) is 0.635. The Kier molecular flexibility index (Phi) is 6.76. The number of halogens is 2. The molecule has 23 heavy (non-hydrogen) atoms. The van der Waals surface area contributed by atoms with Gasteiger partial charge in [0.25, 0.3) is 0 Å². The first-order valence-corrected chi connectivity index (χ1v) is 8.71. The Morgan fingerprint density at radius 3 is 2.39 bits per heavy atom. The largest absolute Gasteiger partial charge is 0.492 e. The predicted molar refractivity (Wildman–Crippen MR) is 99.9 cm³/mol. The van der Waals surface area contributed by atoms with Crippen molar-refractivity contribution in [3.8, 4) is 16.9 Å². The second-order valence-electron chi connectivity index (χ2n) is 5.53. The number of aryl methyl sites for hydroxylation is 1. The summed E-state index contributed by atoms with van der Waals surface area (Å²) in [6, 6.07) is 11.7. The highest BCUT2D eigenvalue weighted by Gasteiger charge is 2.08. The number of hydrogen-bond donors (Lipinski definition) is 0. The van der Waals surface area contributed by atoms with E-state index in [9.17, 15) is 0 Å². The van der Waals surface area contributed by atoms with Crippen molar-refractivity contribution in [2.75, 3.05) is 26.2 Å². The number of benzene rings is 2. The maximum atomic E-state index is 6.32. The lowest BCUT2D eigenvalue weighted by Gasteiger charge is -2.18. The summed E-state index contributed by atoms with van der Waals surface area (Å²) in [6.07, 6.45) is 0. The van der Waals surface area contributed by atoms with Gasteiger partial charge in [-0.05, 0) is 55.4 Å². The summed E-state index contributed by atoms with van der Waals surface area (Å²) in [5.74, 6) is 0.873. The maximum absolute atomic E-state index is 6.32. The monoisotopic (exact) mass is 351 g/mol. The van der Waals surface area contributed by atoms with Crippen molar-refractivity contribution >= 4 is 23.2 Å². The molecule has 2 aromatic rings. The summed E-state index contributed by atoms with van der Waals surface area (Å²) in [5.41, 5.74) is 3.16. The van der Waals surface area contributed by atoms with Crippen LogP contribution in [0.5, 0.6) is 5.75 Å². The number of hydrogen-bond acceptors (Lipinski definition) is 2. The van der Waals surface area contributed by atoms with Crippen molar-refractivity contribution in [1.29, 1.82) is 0 Å². The lowest BCUT2D eigenvalue weighted by Crippen LogP contribution is -2.27. The van der Waals surface area contributed by atoms with Crippen LogP contribution in [0.25, 0.3) is 11.1 Å². The van der Waals surface area contributed by atoms with Crippen molar-refractivity contribution in [3.63, 3.8) is 0 Å². The Balaban J connectivity index is 2.15. The van der Waals surface area contributed by atoms with Crippen molar-refractivity contribution < 1.29 is 4.74 Å². The fraction of sp³-hybridized carbons (Fsp3) is 0.368. The SMILES string of the molecule is CCN(CC)CCOc1cc(C)cc(-c2ccc(Cl)cc2Cl)c1. The Labute approximate surface area is 149 Å². The van der Waals surface area contributed by atoms with E-state index in [0.717, 1.165) is 42.1 Å². The van der Waals surface area contributed by atoms with E-state index in [4.69, 9.17) is 27.9 Å². The van der Waals surface area contributed by atoms with E-state index in [-0.39, 0.29) is 0 Å². The molecule has 0 fully saturated rings. The molecule has 0 aliphatic heterocycles. The summed E-state index contributed by atoms with van der Waals surface area (Å²) < 4.78 is 5.94. The van der Waals surface area contributed by atoms with Gasteiger partial charge < -0.3 is 9.64 Å². The molecular weight excluding hydrogens is 329 g/mol. The summed E-state index contributed by atoms with van der Waals surface area (Å²) in [7, 11) is 0. The van der Waals surface area contributed by atoms with Gasteiger partial charge in [0.1, 0.15) is 12.4 Å². The normalized spacial score (nSPS) is 11.0. The van der Waals surface area contributed by atoms with E-state index >= 15 is 0 Å². The minimum atomic E-state index is 0.641. The van der Waals surface area contributed by atoms with E-state index in [1.54, 1.807) is 6.07 Å².